The highest BCUT2D eigenvalue weighted by molar-refractivity contribution is 6.04. The van der Waals surface area contributed by atoms with E-state index < -0.39 is 18.1 Å². The first-order valence-corrected chi connectivity index (χ1v) is 10.2. The van der Waals surface area contributed by atoms with Crippen molar-refractivity contribution in [3.05, 3.63) is 54.2 Å². The second kappa shape index (κ2) is 9.91. The molecule has 34 heavy (non-hydrogen) atoms. The Hall–Kier alpha value is -3.93. The summed E-state index contributed by atoms with van der Waals surface area (Å²) in [7, 11) is 0. The maximum absolute atomic E-state index is 12.3. The van der Waals surface area contributed by atoms with Crippen molar-refractivity contribution in [1.29, 1.82) is 0 Å². The molecule has 12 heteroatoms. The number of aliphatic carboxylic acids is 1. The maximum atomic E-state index is 12.3. The standard InChI is InChI=1S/C20H21N5O2.C2HF3O2/c21-14-5-4-12(10-14)20(27)23-15-6-8-16(9-7-15)25-11-13-2-1-3-17(19(22)26)18(13)24-25;3-2(4,5)1(6)7/h1-3,6-9,11-12,14H,4-5,10,21H2,(H2,22,26)(H,23,27);(H,6,7)/t12-,14+;/m1./s1. The number of carboxylic acids is 1. The number of alkyl halides is 3. The van der Waals surface area contributed by atoms with Crippen molar-refractivity contribution < 1.29 is 32.7 Å². The van der Waals surface area contributed by atoms with Crippen LogP contribution >= 0.6 is 0 Å². The molecule has 0 unspecified atom stereocenters. The number of amides is 2. The van der Waals surface area contributed by atoms with Crippen LogP contribution in [0.1, 0.15) is 29.6 Å². The Morgan fingerprint density at radius 2 is 1.74 bits per heavy atom. The summed E-state index contributed by atoms with van der Waals surface area (Å²) in [5, 5.41) is 15.4. The van der Waals surface area contributed by atoms with Crippen LogP contribution in [0.3, 0.4) is 0 Å². The molecule has 1 heterocycles. The first-order valence-electron chi connectivity index (χ1n) is 10.2. The highest BCUT2D eigenvalue weighted by atomic mass is 19.4. The van der Waals surface area contributed by atoms with Crippen molar-refractivity contribution in [2.75, 3.05) is 5.32 Å². The summed E-state index contributed by atoms with van der Waals surface area (Å²) in [6.45, 7) is 0. The van der Waals surface area contributed by atoms with Crippen molar-refractivity contribution in [1.82, 2.24) is 9.78 Å². The molecule has 1 saturated carbocycles. The topological polar surface area (TPSA) is 153 Å². The number of carboxylic acid groups (broad SMARTS) is 1. The van der Waals surface area contributed by atoms with E-state index in [1.54, 1.807) is 16.8 Å². The van der Waals surface area contributed by atoms with Gasteiger partial charge in [0, 0.05) is 29.2 Å². The summed E-state index contributed by atoms with van der Waals surface area (Å²) < 4.78 is 33.4. The normalized spacial score (nSPS) is 17.6. The second-order valence-electron chi connectivity index (χ2n) is 7.79. The minimum absolute atomic E-state index is 0.0108. The fourth-order valence-corrected chi connectivity index (χ4v) is 3.57. The number of hydrogen-bond acceptors (Lipinski definition) is 5. The minimum atomic E-state index is -5.08. The Balaban J connectivity index is 0.000000406. The van der Waals surface area contributed by atoms with Gasteiger partial charge in [0.25, 0.3) is 5.91 Å². The molecular weight excluding hydrogens is 455 g/mol. The number of benzene rings is 2. The fraction of sp³-hybridized carbons (Fsp3) is 0.273. The Labute approximate surface area is 191 Å². The predicted molar refractivity (Wildman–Crippen MR) is 117 cm³/mol. The SMILES string of the molecule is NC(=O)c1cccc2cn(-c3ccc(NC(=O)[C@@H]4CC[C@H](N)C4)cc3)nc12.O=C(O)C(F)(F)F. The van der Waals surface area contributed by atoms with E-state index >= 15 is 0 Å². The molecule has 1 aliphatic rings. The van der Waals surface area contributed by atoms with E-state index in [0.29, 0.717) is 11.1 Å². The molecule has 4 rings (SSSR count). The molecule has 9 nitrogen and oxygen atoms in total. The number of carbonyl (C=O) groups excluding carboxylic acids is 2. The van der Waals surface area contributed by atoms with Crippen LogP contribution in [0, 0.1) is 5.92 Å². The smallest absolute Gasteiger partial charge is 0.475 e. The number of aromatic nitrogens is 2. The number of nitrogens with two attached hydrogens (primary N) is 2. The Bertz CT molecular complexity index is 1210. The summed E-state index contributed by atoms with van der Waals surface area (Å²) in [6, 6.07) is 12.9. The van der Waals surface area contributed by atoms with Gasteiger partial charge in [0.1, 0.15) is 5.52 Å². The quantitative estimate of drug-likeness (QED) is 0.453. The average Bonchev–Trinajstić information content (AvgIpc) is 3.40. The summed E-state index contributed by atoms with van der Waals surface area (Å²) in [5.74, 6) is -3.25. The van der Waals surface area contributed by atoms with Gasteiger partial charge in [-0.05, 0) is 49.6 Å². The Morgan fingerprint density at radius 3 is 2.26 bits per heavy atom. The molecule has 0 spiro atoms. The lowest BCUT2D eigenvalue weighted by Crippen LogP contribution is -2.23. The zero-order chi connectivity index (χ0) is 25.0. The van der Waals surface area contributed by atoms with E-state index in [2.05, 4.69) is 10.4 Å². The summed E-state index contributed by atoms with van der Waals surface area (Å²) in [4.78, 5) is 32.8. The van der Waals surface area contributed by atoms with Crippen molar-refractivity contribution in [3.8, 4) is 5.69 Å². The van der Waals surface area contributed by atoms with Gasteiger partial charge in [-0.15, -0.1) is 0 Å². The molecule has 0 aliphatic heterocycles. The number of halogens is 3. The lowest BCUT2D eigenvalue weighted by Gasteiger charge is -2.11. The van der Waals surface area contributed by atoms with Gasteiger partial charge in [-0.1, -0.05) is 12.1 Å². The van der Waals surface area contributed by atoms with Gasteiger partial charge in [-0.3, -0.25) is 9.59 Å². The van der Waals surface area contributed by atoms with Crippen LogP contribution in [0.5, 0.6) is 0 Å². The number of anilines is 1. The van der Waals surface area contributed by atoms with E-state index in [-0.39, 0.29) is 17.9 Å². The molecule has 2 amide bonds. The van der Waals surface area contributed by atoms with Crippen LogP contribution < -0.4 is 16.8 Å². The molecule has 1 aromatic heterocycles. The molecule has 0 radical (unpaired) electrons. The Kier molecular flexibility index (Phi) is 7.20. The first kappa shape index (κ1) is 24.7. The monoisotopic (exact) mass is 477 g/mol. The number of nitrogens with zero attached hydrogens (tertiary/aromatic N) is 2. The molecule has 2 atom stereocenters. The molecular formula is C22H22F3N5O4. The Morgan fingerprint density at radius 1 is 1.09 bits per heavy atom. The largest absolute Gasteiger partial charge is 0.490 e. The molecule has 2 aromatic carbocycles. The van der Waals surface area contributed by atoms with E-state index in [9.17, 15) is 22.8 Å². The van der Waals surface area contributed by atoms with Gasteiger partial charge in [0.2, 0.25) is 5.91 Å². The number of carbonyl (C=O) groups is 3. The summed E-state index contributed by atoms with van der Waals surface area (Å²) >= 11 is 0. The van der Waals surface area contributed by atoms with E-state index in [1.165, 1.54) is 0 Å². The second-order valence-corrected chi connectivity index (χ2v) is 7.79. The highest BCUT2D eigenvalue weighted by Gasteiger charge is 2.38. The number of nitrogens with one attached hydrogen (secondary N) is 1. The zero-order valence-corrected chi connectivity index (χ0v) is 17.7. The number of hydrogen-bond donors (Lipinski definition) is 4. The number of fused-ring (bicyclic) bond motifs is 1. The van der Waals surface area contributed by atoms with Gasteiger partial charge >= 0.3 is 12.1 Å². The molecule has 180 valence electrons. The van der Waals surface area contributed by atoms with Crippen LogP contribution in [0.25, 0.3) is 16.6 Å². The lowest BCUT2D eigenvalue weighted by molar-refractivity contribution is -0.192. The molecule has 1 fully saturated rings. The molecule has 0 saturated heterocycles. The third-order valence-electron chi connectivity index (χ3n) is 5.29. The third-order valence-corrected chi connectivity index (χ3v) is 5.29. The summed E-state index contributed by atoms with van der Waals surface area (Å²) in [5.41, 5.74) is 13.8. The number of primary amides is 1. The van der Waals surface area contributed by atoms with Crippen LogP contribution in [-0.4, -0.2) is 44.9 Å². The average molecular weight is 477 g/mol. The van der Waals surface area contributed by atoms with Crippen LogP contribution in [0.4, 0.5) is 18.9 Å². The molecule has 3 aromatic rings. The van der Waals surface area contributed by atoms with Gasteiger partial charge in [0.15, 0.2) is 0 Å². The van der Waals surface area contributed by atoms with E-state index in [1.807, 2.05) is 36.5 Å². The van der Waals surface area contributed by atoms with E-state index in [4.69, 9.17) is 21.4 Å². The van der Waals surface area contributed by atoms with Crippen molar-refractivity contribution >= 4 is 34.4 Å². The maximum Gasteiger partial charge on any atom is 0.490 e. The van der Waals surface area contributed by atoms with Crippen molar-refractivity contribution in [2.24, 2.45) is 17.4 Å². The van der Waals surface area contributed by atoms with Crippen LogP contribution in [-0.2, 0) is 9.59 Å². The summed E-state index contributed by atoms with van der Waals surface area (Å²) in [6.07, 6.45) is -0.758. The first-order chi connectivity index (χ1) is 16.0. The van der Waals surface area contributed by atoms with E-state index in [0.717, 1.165) is 36.0 Å². The third kappa shape index (κ3) is 5.90. The zero-order valence-electron chi connectivity index (χ0n) is 17.7. The van der Waals surface area contributed by atoms with Gasteiger partial charge in [0.05, 0.1) is 11.3 Å². The van der Waals surface area contributed by atoms with Gasteiger partial charge in [-0.25, -0.2) is 9.48 Å². The minimum Gasteiger partial charge on any atom is -0.475 e. The van der Waals surface area contributed by atoms with Gasteiger partial charge in [-0.2, -0.15) is 18.3 Å². The fourth-order valence-electron chi connectivity index (χ4n) is 3.57. The molecule has 6 N–H and O–H groups in total. The lowest BCUT2D eigenvalue weighted by atomic mass is 10.1. The highest BCUT2D eigenvalue weighted by Crippen LogP contribution is 2.26. The van der Waals surface area contributed by atoms with Crippen LogP contribution in [0.15, 0.2) is 48.7 Å². The number of rotatable bonds is 4. The van der Waals surface area contributed by atoms with Gasteiger partial charge < -0.3 is 21.9 Å². The predicted octanol–water partition coefficient (Wildman–Crippen LogP) is 2.82. The molecule has 0 bridgehead atoms. The van der Waals surface area contributed by atoms with Crippen molar-refractivity contribution in [2.45, 2.75) is 31.5 Å². The molecule has 1 aliphatic carbocycles. The van der Waals surface area contributed by atoms with Crippen LogP contribution in [0.2, 0.25) is 0 Å². The van der Waals surface area contributed by atoms with Crippen molar-refractivity contribution in [3.63, 3.8) is 0 Å².